The van der Waals surface area contributed by atoms with E-state index < -0.39 is 0 Å². The van der Waals surface area contributed by atoms with Gasteiger partial charge in [-0.25, -0.2) is 4.79 Å². The molecule has 5 nitrogen and oxygen atoms in total. The highest BCUT2D eigenvalue weighted by Crippen LogP contribution is 2.48. The van der Waals surface area contributed by atoms with E-state index in [1.54, 1.807) is 0 Å². The predicted molar refractivity (Wildman–Crippen MR) is 99.6 cm³/mol. The minimum absolute atomic E-state index is 0.0513. The van der Waals surface area contributed by atoms with Gasteiger partial charge >= 0.3 is 6.03 Å². The van der Waals surface area contributed by atoms with E-state index in [0.717, 1.165) is 50.6 Å². The number of nitrogens with one attached hydrogen (secondary N) is 2. The number of pyridine rings is 1. The van der Waals surface area contributed by atoms with E-state index in [9.17, 15) is 4.79 Å². The molecule has 2 aliphatic carbocycles. The van der Waals surface area contributed by atoms with Gasteiger partial charge in [0, 0.05) is 42.8 Å². The van der Waals surface area contributed by atoms with Crippen molar-refractivity contribution in [1.29, 1.82) is 0 Å². The monoisotopic (exact) mass is 342 g/mol. The van der Waals surface area contributed by atoms with E-state index >= 15 is 0 Å². The Labute approximate surface area is 150 Å². The molecule has 1 aromatic heterocycles. The second-order valence-corrected chi connectivity index (χ2v) is 8.38. The number of rotatable bonds is 5. The number of urea groups is 1. The molecule has 3 aliphatic rings. The average molecular weight is 342 g/mol. The van der Waals surface area contributed by atoms with Crippen LogP contribution in [-0.4, -0.2) is 35.7 Å². The van der Waals surface area contributed by atoms with Crippen LogP contribution in [0.25, 0.3) is 0 Å². The minimum Gasteiger partial charge on any atom is -0.371 e. The molecule has 2 amide bonds. The van der Waals surface area contributed by atoms with Crippen LogP contribution in [0, 0.1) is 11.8 Å². The summed E-state index contributed by atoms with van der Waals surface area (Å²) in [6, 6.07) is 4.45. The van der Waals surface area contributed by atoms with Crippen molar-refractivity contribution in [3.05, 3.63) is 24.5 Å². The lowest BCUT2D eigenvalue weighted by atomic mass is 9.73. The van der Waals surface area contributed by atoms with Crippen molar-refractivity contribution in [3.8, 4) is 0 Å². The summed E-state index contributed by atoms with van der Waals surface area (Å²) in [6.45, 7) is 4.30. The van der Waals surface area contributed by atoms with Gasteiger partial charge in [0.2, 0.25) is 0 Å². The van der Waals surface area contributed by atoms with Gasteiger partial charge in [0.05, 0.1) is 0 Å². The molecule has 136 valence electrons. The summed E-state index contributed by atoms with van der Waals surface area (Å²) in [5.74, 6) is 1.70. The molecular weight excluding hydrogens is 312 g/mol. The number of nitrogens with zero attached hydrogens (tertiary/aromatic N) is 2. The summed E-state index contributed by atoms with van der Waals surface area (Å²) in [5, 5.41) is 6.57. The number of anilines is 1. The molecule has 0 bridgehead atoms. The molecule has 1 aliphatic heterocycles. The Morgan fingerprint density at radius 3 is 2.52 bits per heavy atom. The SMILES string of the molecule is C[C@H]1CC1CC1(NC(=O)NC2CCN(c3ccncc3)CC2)CCC1. The van der Waals surface area contributed by atoms with Gasteiger partial charge in [0.1, 0.15) is 0 Å². The van der Waals surface area contributed by atoms with Crippen molar-refractivity contribution >= 4 is 11.7 Å². The molecule has 4 rings (SSSR count). The zero-order valence-electron chi connectivity index (χ0n) is 15.2. The topological polar surface area (TPSA) is 57.3 Å². The second kappa shape index (κ2) is 6.85. The molecule has 25 heavy (non-hydrogen) atoms. The summed E-state index contributed by atoms with van der Waals surface area (Å²) >= 11 is 0. The quantitative estimate of drug-likeness (QED) is 0.863. The molecule has 2 atom stereocenters. The molecular formula is C20H30N4O. The van der Waals surface area contributed by atoms with Gasteiger partial charge in [-0.05, 0) is 68.9 Å². The standard InChI is InChI=1S/C20H30N4O/c1-15-13-16(15)14-20(7-2-8-20)23-19(25)22-17-5-11-24(12-6-17)18-3-9-21-10-4-18/h3-4,9-10,15-17H,2,5-8,11-14H2,1H3,(H2,22,23,25)/t15-,16?/m0/s1. The first-order chi connectivity index (χ1) is 12.1. The van der Waals surface area contributed by atoms with E-state index in [1.165, 1.54) is 24.9 Å². The lowest BCUT2D eigenvalue weighted by Crippen LogP contribution is -2.58. The first-order valence-electron chi connectivity index (χ1n) is 9.87. The number of hydrogen-bond donors (Lipinski definition) is 2. The van der Waals surface area contributed by atoms with Crippen molar-refractivity contribution in [2.24, 2.45) is 11.8 Å². The maximum atomic E-state index is 12.5. The Morgan fingerprint density at radius 1 is 1.28 bits per heavy atom. The fourth-order valence-corrected chi connectivity index (χ4v) is 4.47. The third kappa shape index (κ3) is 3.91. The van der Waals surface area contributed by atoms with Crippen LogP contribution in [0.2, 0.25) is 0 Å². The van der Waals surface area contributed by atoms with Crippen molar-refractivity contribution in [3.63, 3.8) is 0 Å². The molecule has 5 heteroatoms. The third-order valence-corrected chi connectivity index (χ3v) is 6.48. The van der Waals surface area contributed by atoms with E-state index in [4.69, 9.17) is 0 Å². The van der Waals surface area contributed by atoms with Crippen LogP contribution in [0.1, 0.15) is 51.9 Å². The van der Waals surface area contributed by atoms with Gasteiger partial charge in [-0.3, -0.25) is 4.98 Å². The van der Waals surface area contributed by atoms with E-state index in [2.05, 4.69) is 39.6 Å². The summed E-state index contributed by atoms with van der Waals surface area (Å²) in [6.07, 6.45) is 11.8. The Hall–Kier alpha value is -1.78. The van der Waals surface area contributed by atoms with Crippen LogP contribution in [0.4, 0.5) is 10.5 Å². The highest BCUT2D eigenvalue weighted by atomic mass is 16.2. The number of amides is 2. The van der Waals surface area contributed by atoms with Crippen LogP contribution in [-0.2, 0) is 0 Å². The molecule has 1 saturated heterocycles. The summed E-state index contributed by atoms with van der Waals surface area (Å²) < 4.78 is 0. The predicted octanol–water partition coefficient (Wildman–Crippen LogP) is 3.32. The fraction of sp³-hybridized carbons (Fsp3) is 0.700. The van der Waals surface area contributed by atoms with Crippen molar-refractivity contribution in [2.45, 2.75) is 63.5 Å². The normalized spacial score (nSPS) is 28.1. The van der Waals surface area contributed by atoms with Gasteiger partial charge < -0.3 is 15.5 Å². The first-order valence-corrected chi connectivity index (χ1v) is 9.87. The Bertz CT molecular complexity index is 593. The molecule has 1 unspecified atom stereocenters. The second-order valence-electron chi connectivity index (χ2n) is 8.38. The van der Waals surface area contributed by atoms with Crippen LogP contribution in [0.3, 0.4) is 0 Å². The summed E-state index contributed by atoms with van der Waals surface area (Å²) in [4.78, 5) is 19.0. The number of carbonyl (C=O) groups excluding carboxylic acids is 1. The van der Waals surface area contributed by atoms with Crippen LogP contribution in [0.15, 0.2) is 24.5 Å². The van der Waals surface area contributed by atoms with Crippen LogP contribution < -0.4 is 15.5 Å². The smallest absolute Gasteiger partial charge is 0.315 e. The van der Waals surface area contributed by atoms with Gasteiger partial charge in [0.25, 0.3) is 0 Å². The summed E-state index contributed by atoms with van der Waals surface area (Å²) in [5.41, 5.74) is 1.32. The zero-order valence-corrected chi connectivity index (χ0v) is 15.2. The summed E-state index contributed by atoms with van der Waals surface area (Å²) in [7, 11) is 0. The Kier molecular flexibility index (Phi) is 4.57. The van der Waals surface area contributed by atoms with Crippen LogP contribution in [0.5, 0.6) is 0 Å². The molecule has 3 fully saturated rings. The molecule has 1 aromatic rings. The third-order valence-electron chi connectivity index (χ3n) is 6.48. The maximum Gasteiger partial charge on any atom is 0.315 e. The van der Waals surface area contributed by atoms with Gasteiger partial charge in [-0.15, -0.1) is 0 Å². The van der Waals surface area contributed by atoms with Gasteiger partial charge in [-0.2, -0.15) is 0 Å². The van der Waals surface area contributed by atoms with Gasteiger partial charge in [-0.1, -0.05) is 6.92 Å². The van der Waals surface area contributed by atoms with Crippen molar-refractivity contribution in [1.82, 2.24) is 15.6 Å². The molecule has 0 radical (unpaired) electrons. The van der Waals surface area contributed by atoms with Crippen molar-refractivity contribution < 1.29 is 4.79 Å². The van der Waals surface area contributed by atoms with E-state index in [-0.39, 0.29) is 17.6 Å². The highest BCUT2D eigenvalue weighted by Gasteiger charge is 2.45. The molecule has 0 aromatic carbocycles. The Morgan fingerprint density at radius 2 is 1.96 bits per heavy atom. The lowest BCUT2D eigenvalue weighted by molar-refractivity contribution is 0.156. The number of hydrogen-bond acceptors (Lipinski definition) is 3. The van der Waals surface area contributed by atoms with E-state index in [0.29, 0.717) is 0 Å². The highest BCUT2D eigenvalue weighted by molar-refractivity contribution is 5.75. The number of piperidine rings is 1. The zero-order chi connectivity index (χ0) is 17.3. The fourth-order valence-electron chi connectivity index (χ4n) is 4.47. The number of carbonyl (C=O) groups is 1. The molecule has 2 N–H and O–H groups in total. The molecule has 2 saturated carbocycles. The van der Waals surface area contributed by atoms with Crippen molar-refractivity contribution in [2.75, 3.05) is 18.0 Å². The average Bonchev–Trinajstić information content (AvgIpc) is 3.29. The number of aromatic nitrogens is 1. The molecule has 0 spiro atoms. The molecule has 2 heterocycles. The van der Waals surface area contributed by atoms with E-state index in [1.807, 2.05) is 12.4 Å². The van der Waals surface area contributed by atoms with Gasteiger partial charge in [0.15, 0.2) is 0 Å². The Balaban J connectivity index is 1.23. The first kappa shape index (κ1) is 16.7. The maximum absolute atomic E-state index is 12.5. The van der Waals surface area contributed by atoms with Crippen LogP contribution >= 0.6 is 0 Å². The lowest BCUT2D eigenvalue weighted by Gasteiger charge is -2.43. The largest absolute Gasteiger partial charge is 0.371 e. The minimum atomic E-state index is 0.0513.